The number of fused-ring (bicyclic) bond motifs is 1. The Morgan fingerprint density at radius 1 is 1.22 bits per heavy atom. The average Bonchev–Trinajstić information content (AvgIpc) is 3.61. The zero-order chi connectivity index (χ0) is 28.2. The fourth-order valence-corrected chi connectivity index (χ4v) is 6.78. The summed E-state index contributed by atoms with van der Waals surface area (Å²) in [7, 11) is 0. The van der Waals surface area contributed by atoms with E-state index in [-0.39, 0.29) is 18.2 Å². The molecule has 0 aliphatic carbocycles. The van der Waals surface area contributed by atoms with Crippen LogP contribution in [0.3, 0.4) is 0 Å². The third-order valence-electron chi connectivity index (χ3n) is 6.72. The molecule has 2 aromatic heterocycles. The normalized spacial score (nSPS) is 18.6. The molecule has 2 aliphatic heterocycles. The lowest BCUT2D eigenvalue weighted by molar-refractivity contribution is 0.0156. The van der Waals surface area contributed by atoms with Crippen LogP contribution in [0.2, 0.25) is 5.02 Å². The van der Waals surface area contributed by atoms with Crippen LogP contribution < -0.4 is 10.6 Å². The van der Waals surface area contributed by atoms with E-state index in [0.29, 0.717) is 50.1 Å². The molecule has 2 aromatic carbocycles. The highest BCUT2D eigenvalue weighted by Gasteiger charge is 2.28. The summed E-state index contributed by atoms with van der Waals surface area (Å²) >= 11 is 9.82. The van der Waals surface area contributed by atoms with Gasteiger partial charge in [0.15, 0.2) is 5.82 Å². The van der Waals surface area contributed by atoms with E-state index in [1.165, 1.54) is 16.9 Å². The molecule has 0 radical (unpaired) electrons. The van der Waals surface area contributed by atoms with E-state index in [2.05, 4.69) is 57.6 Å². The highest BCUT2D eigenvalue weighted by Crippen LogP contribution is 2.37. The molecule has 0 saturated carbocycles. The largest absolute Gasteiger partial charge is 0.445 e. The van der Waals surface area contributed by atoms with Crippen LogP contribution in [0.4, 0.5) is 16.3 Å². The van der Waals surface area contributed by atoms with Crippen LogP contribution in [-0.2, 0) is 9.47 Å². The molecule has 1 amide bonds. The van der Waals surface area contributed by atoms with Gasteiger partial charge in [-0.25, -0.2) is 14.8 Å². The zero-order valence-electron chi connectivity index (χ0n) is 22.4. The van der Waals surface area contributed by atoms with E-state index in [0.717, 1.165) is 30.6 Å². The number of thiophene rings is 1. The molecule has 210 valence electrons. The highest BCUT2D eigenvalue weighted by molar-refractivity contribution is 7.99. The molecule has 2 atom stereocenters. The molecule has 2 aliphatic rings. The number of hydrogen-bond acceptors (Lipinski definition) is 9. The molecular weight excluding hydrogens is 578 g/mol. The van der Waals surface area contributed by atoms with Crippen molar-refractivity contribution in [2.75, 3.05) is 38.2 Å². The van der Waals surface area contributed by atoms with Crippen LogP contribution >= 0.6 is 34.7 Å². The molecule has 6 rings (SSSR count). The highest BCUT2D eigenvalue weighted by atomic mass is 35.5. The number of carbonyl (C=O) groups is 1. The van der Waals surface area contributed by atoms with Gasteiger partial charge < -0.3 is 19.7 Å². The SMILES string of the molecule is Cc1cccc(Sc2ccc(Nc3ncnc4cc(C#CC5CC(OC(=O)N6CCOCC6)CN5)sc34)cc2Cl)c1. The van der Waals surface area contributed by atoms with Gasteiger partial charge in [0.2, 0.25) is 0 Å². The first-order chi connectivity index (χ1) is 20.0. The topological polar surface area (TPSA) is 88.6 Å². The van der Waals surface area contributed by atoms with Crippen molar-refractivity contribution in [1.29, 1.82) is 0 Å². The molecule has 4 aromatic rings. The van der Waals surface area contributed by atoms with Gasteiger partial charge in [-0.05, 0) is 43.3 Å². The number of hydrogen-bond donors (Lipinski definition) is 2. The number of nitrogens with one attached hydrogen (secondary N) is 2. The molecule has 0 bridgehead atoms. The zero-order valence-corrected chi connectivity index (χ0v) is 24.7. The maximum absolute atomic E-state index is 12.4. The lowest BCUT2D eigenvalue weighted by atomic mass is 10.2. The summed E-state index contributed by atoms with van der Waals surface area (Å²) < 4.78 is 11.9. The number of halogens is 1. The molecule has 8 nitrogen and oxygen atoms in total. The number of carbonyl (C=O) groups excluding carboxylic acids is 1. The lowest BCUT2D eigenvalue weighted by Crippen LogP contribution is -2.42. The fraction of sp³-hybridized carbons (Fsp3) is 0.300. The van der Waals surface area contributed by atoms with Crippen molar-refractivity contribution in [2.45, 2.75) is 35.3 Å². The Kier molecular flexibility index (Phi) is 8.60. The predicted octanol–water partition coefficient (Wildman–Crippen LogP) is 6.10. The number of benzene rings is 2. The first-order valence-corrected chi connectivity index (χ1v) is 15.3. The molecule has 4 heterocycles. The van der Waals surface area contributed by atoms with Crippen LogP contribution in [0.1, 0.15) is 16.9 Å². The number of nitrogens with zero attached hydrogens (tertiary/aromatic N) is 3. The number of anilines is 2. The lowest BCUT2D eigenvalue weighted by Gasteiger charge is -2.27. The van der Waals surface area contributed by atoms with Gasteiger partial charge in [0.25, 0.3) is 0 Å². The minimum atomic E-state index is -0.280. The van der Waals surface area contributed by atoms with E-state index < -0.39 is 0 Å². The van der Waals surface area contributed by atoms with Gasteiger partial charge in [-0.1, -0.05) is 52.9 Å². The van der Waals surface area contributed by atoms with Crippen LogP contribution in [0, 0.1) is 18.8 Å². The number of morpholine rings is 1. The summed E-state index contributed by atoms with van der Waals surface area (Å²) in [4.78, 5) is 26.0. The second kappa shape index (κ2) is 12.7. The summed E-state index contributed by atoms with van der Waals surface area (Å²) in [6.45, 7) is 4.91. The first kappa shape index (κ1) is 27.8. The van der Waals surface area contributed by atoms with Crippen molar-refractivity contribution >= 4 is 62.5 Å². The van der Waals surface area contributed by atoms with Crippen molar-refractivity contribution in [3.63, 3.8) is 0 Å². The minimum absolute atomic E-state index is 0.0512. The predicted molar refractivity (Wildman–Crippen MR) is 163 cm³/mol. The van der Waals surface area contributed by atoms with Crippen molar-refractivity contribution in [3.05, 3.63) is 70.3 Å². The van der Waals surface area contributed by atoms with Crippen molar-refractivity contribution in [1.82, 2.24) is 20.2 Å². The summed E-state index contributed by atoms with van der Waals surface area (Å²) in [6, 6.07) is 16.2. The van der Waals surface area contributed by atoms with Crippen LogP contribution in [-0.4, -0.2) is 66.0 Å². The monoisotopic (exact) mass is 605 g/mol. The standard InChI is InChI=1S/C30H28ClN5O3S2/c1-19-3-2-4-23(13-19)40-27-8-6-21(15-25(27)31)35-29-28-26(33-18-34-29)16-24(41-28)7-5-20-14-22(17-32-20)39-30(37)36-9-11-38-12-10-36/h2-4,6,8,13,15-16,18,20,22,32H,9-12,14,17H2,1H3,(H,33,34,35). The maximum Gasteiger partial charge on any atom is 0.410 e. The van der Waals surface area contributed by atoms with Crippen LogP contribution in [0.15, 0.2) is 64.6 Å². The van der Waals surface area contributed by atoms with E-state index in [1.54, 1.807) is 23.0 Å². The molecule has 11 heteroatoms. The Hall–Kier alpha value is -3.33. The number of aryl methyl sites for hydroxylation is 1. The van der Waals surface area contributed by atoms with Crippen molar-refractivity contribution in [3.8, 4) is 11.8 Å². The fourth-order valence-electron chi connectivity index (χ4n) is 4.63. The van der Waals surface area contributed by atoms with Gasteiger partial charge in [-0.15, -0.1) is 11.3 Å². The minimum Gasteiger partial charge on any atom is -0.445 e. The average molecular weight is 606 g/mol. The molecule has 41 heavy (non-hydrogen) atoms. The van der Waals surface area contributed by atoms with E-state index in [9.17, 15) is 4.79 Å². The summed E-state index contributed by atoms with van der Waals surface area (Å²) in [5.41, 5.74) is 2.88. The Balaban J connectivity index is 1.10. The Morgan fingerprint density at radius 2 is 2.10 bits per heavy atom. The third-order valence-corrected chi connectivity index (χ3v) is 9.26. The van der Waals surface area contributed by atoms with Gasteiger partial charge in [-0.2, -0.15) is 0 Å². The number of ether oxygens (including phenoxy) is 2. The Morgan fingerprint density at radius 3 is 2.93 bits per heavy atom. The van der Waals surface area contributed by atoms with E-state index in [1.807, 2.05) is 30.3 Å². The number of amides is 1. The van der Waals surface area contributed by atoms with Gasteiger partial charge >= 0.3 is 6.09 Å². The second-order valence-corrected chi connectivity index (χ2v) is 12.4. The van der Waals surface area contributed by atoms with Crippen LogP contribution in [0.25, 0.3) is 10.2 Å². The summed E-state index contributed by atoms with van der Waals surface area (Å²) in [5.74, 6) is 7.26. The van der Waals surface area contributed by atoms with Gasteiger partial charge in [0.1, 0.15) is 12.4 Å². The third kappa shape index (κ3) is 6.94. The van der Waals surface area contributed by atoms with Crippen molar-refractivity contribution in [2.24, 2.45) is 0 Å². The Labute approximate surface area is 251 Å². The Bertz CT molecular complexity index is 1630. The quantitative estimate of drug-likeness (QED) is 0.264. The second-order valence-electron chi connectivity index (χ2n) is 9.81. The molecule has 2 fully saturated rings. The summed E-state index contributed by atoms with van der Waals surface area (Å²) in [5, 5.41) is 7.41. The van der Waals surface area contributed by atoms with E-state index >= 15 is 0 Å². The van der Waals surface area contributed by atoms with Gasteiger partial charge in [0.05, 0.1) is 39.4 Å². The molecule has 0 spiro atoms. The summed E-state index contributed by atoms with van der Waals surface area (Å²) in [6.07, 6.45) is 1.73. The van der Waals surface area contributed by atoms with Gasteiger partial charge in [0, 0.05) is 41.5 Å². The molecule has 2 saturated heterocycles. The smallest absolute Gasteiger partial charge is 0.410 e. The van der Waals surface area contributed by atoms with Crippen LogP contribution in [0.5, 0.6) is 0 Å². The molecular formula is C30H28ClN5O3S2. The molecule has 2 N–H and O–H groups in total. The number of rotatable bonds is 5. The van der Waals surface area contributed by atoms with Crippen molar-refractivity contribution < 1.29 is 14.3 Å². The maximum atomic E-state index is 12.4. The first-order valence-electron chi connectivity index (χ1n) is 13.3. The van der Waals surface area contributed by atoms with Gasteiger partial charge in [-0.3, -0.25) is 5.32 Å². The molecule has 2 unspecified atom stereocenters. The number of aromatic nitrogens is 2. The van der Waals surface area contributed by atoms with E-state index in [4.69, 9.17) is 21.1 Å².